The van der Waals surface area contributed by atoms with Crippen LogP contribution in [0.3, 0.4) is 0 Å². The lowest BCUT2D eigenvalue weighted by Crippen LogP contribution is -2.28. The van der Waals surface area contributed by atoms with E-state index in [0.29, 0.717) is 22.2 Å². The first-order chi connectivity index (χ1) is 14.7. The molecule has 0 fully saturated rings. The summed E-state index contributed by atoms with van der Waals surface area (Å²) in [6.45, 7) is 2.05. The normalized spacial score (nSPS) is 11.8. The Balaban J connectivity index is 1.73. The highest BCUT2D eigenvalue weighted by Crippen LogP contribution is 2.28. The number of H-pyrrole nitrogens is 1. The van der Waals surface area contributed by atoms with Gasteiger partial charge in [-0.25, -0.2) is 4.98 Å². The molecule has 4 nitrogen and oxygen atoms in total. The van der Waals surface area contributed by atoms with E-state index in [9.17, 15) is 4.79 Å². The predicted octanol–water partition coefficient (Wildman–Crippen LogP) is 6.28. The number of halogens is 1. The average molecular weight is 416 g/mol. The molecule has 1 atom stereocenters. The number of benzene rings is 3. The average Bonchev–Trinajstić information content (AvgIpc) is 3.24. The third-order valence-electron chi connectivity index (χ3n) is 4.99. The molecule has 1 amide bonds. The van der Waals surface area contributed by atoms with E-state index in [1.807, 2.05) is 78.9 Å². The summed E-state index contributed by atoms with van der Waals surface area (Å²) in [4.78, 5) is 21.3. The highest BCUT2D eigenvalue weighted by atomic mass is 35.5. The Morgan fingerprint density at radius 2 is 1.63 bits per heavy atom. The van der Waals surface area contributed by atoms with Crippen molar-refractivity contribution in [1.29, 1.82) is 0 Å². The molecule has 1 heterocycles. The summed E-state index contributed by atoms with van der Waals surface area (Å²) in [7, 11) is 0. The van der Waals surface area contributed by atoms with Gasteiger partial charge in [0, 0.05) is 16.1 Å². The topological polar surface area (TPSA) is 57.8 Å². The van der Waals surface area contributed by atoms with Gasteiger partial charge in [0.15, 0.2) is 0 Å². The standard InChI is InChI=1S/C25H22ClN3O/c1-2-21(17-10-5-3-6-11-17)27-25(30)23-22(19-14-9-15-20(26)16-19)28-24(29-23)18-12-7-4-8-13-18/h3-16,21H,2H2,1H3,(H,27,30)(H,28,29). The molecule has 3 aromatic carbocycles. The molecule has 0 bridgehead atoms. The number of nitrogens with zero attached hydrogens (tertiary/aromatic N) is 1. The van der Waals surface area contributed by atoms with Gasteiger partial charge in [-0.05, 0) is 24.1 Å². The zero-order chi connectivity index (χ0) is 20.9. The number of hydrogen-bond donors (Lipinski definition) is 2. The van der Waals surface area contributed by atoms with Gasteiger partial charge in [-0.1, -0.05) is 91.3 Å². The van der Waals surface area contributed by atoms with E-state index in [1.165, 1.54) is 0 Å². The number of imidazole rings is 1. The summed E-state index contributed by atoms with van der Waals surface area (Å²) < 4.78 is 0. The molecular formula is C25H22ClN3O. The fourth-order valence-corrected chi connectivity index (χ4v) is 3.64. The van der Waals surface area contributed by atoms with Crippen LogP contribution < -0.4 is 5.32 Å². The van der Waals surface area contributed by atoms with Gasteiger partial charge in [0.2, 0.25) is 0 Å². The number of aromatic nitrogens is 2. The SMILES string of the molecule is CCC(NC(=O)c1[nH]c(-c2ccccc2)nc1-c1cccc(Cl)c1)c1ccccc1. The molecule has 0 saturated carbocycles. The molecule has 0 aliphatic heterocycles. The lowest BCUT2D eigenvalue weighted by atomic mass is 10.0. The molecule has 2 N–H and O–H groups in total. The first-order valence-corrected chi connectivity index (χ1v) is 10.3. The second-order valence-corrected chi connectivity index (χ2v) is 7.47. The van der Waals surface area contributed by atoms with Crippen molar-refractivity contribution in [2.24, 2.45) is 0 Å². The lowest BCUT2D eigenvalue weighted by molar-refractivity contribution is 0.0932. The molecule has 1 unspecified atom stereocenters. The second kappa shape index (κ2) is 8.97. The van der Waals surface area contributed by atoms with E-state index in [1.54, 1.807) is 6.07 Å². The molecule has 4 rings (SSSR count). The predicted molar refractivity (Wildman–Crippen MR) is 121 cm³/mol. The largest absolute Gasteiger partial charge is 0.344 e. The number of carbonyl (C=O) groups excluding carboxylic acids is 1. The van der Waals surface area contributed by atoms with Crippen LogP contribution in [-0.2, 0) is 0 Å². The van der Waals surface area contributed by atoms with Gasteiger partial charge >= 0.3 is 0 Å². The van der Waals surface area contributed by atoms with E-state index in [2.05, 4.69) is 17.2 Å². The maximum absolute atomic E-state index is 13.3. The maximum atomic E-state index is 13.3. The summed E-state index contributed by atoms with van der Waals surface area (Å²) in [5.41, 5.74) is 3.77. The Kier molecular flexibility index (Phi) is 5.96. The van der Waals surface area contributed by atoms with Crippen LogP contribution in [0.2, 0.25) is 5.02 Å². The van der Waals surface area contributed by atoms with Gasteiger partial charge in [-0.3, -0.25) is 4.79 Å². The number of rotatable bonds is 6. The molecule has 0 spiro atoms. The minimum atomic E-state index is -0.199. The van der Waals surface area contributed by atoms with Crippen LogP contribution in [0.1, 0.15) is 35.4 Å². The Bertz CT molecular complexity index is 1140. The summed E-state index contributed by atoms with van der Waals surface area (Å²) in [6.07, 6.45) is 0.780. The molecule has 5 heteroatoms. The van der Waals surface area contributed by atoms with Crippen LogP contribution in [0.5, 0.6) is 0 Å². The molecular weight excluding hydrogens is 394 g/mol. The highest BCUT2D eigenvalue weighted by molar-refractivity contribution is 6.30. The molecule has 0 aliphatic carbocycles. The molecule has 0 saturated heterocycles. The Labute approximate surface area is 181 Å². The van der Waals surface area contributed by atoms with Crippen molar-refractivity contribution < 1.29 is 4.79 Å². The first kappa shape index (κ1) is 19.9. The molecule has 30 heavy (non-hydrogen) atoms. The number of carbonyl (C=O) groups is 1. The summed E-state index contributed by atoms with van der Waals surface area (Å²) in [5.74, 6) is 0.443. The van der Waals surface area contributed by atoms with Gasteiger partial charge in [0.25, 0.3) is 5.91 Å². The Morgan fingerprint density at radius 3 is 2.30 bits per heavy atom. The molecule has 0 aliphatic rings. The van der Waals surface area contributed by atoms with Crippen LogP contribution in [0.25, 0.3) is 22.6 Å². The summed E-state index contributed by atoms with van der Waals surface area (Å²) in [5, 5.41) is 3.74. The zero-order valence-electron chi connectivity index (χ0n) is 16.6. The number of amides is 1. The minimum Gasteiger partial charge on any atom is -0.344 e. The molecule has 0 radical (unpaired) electrons. The van der Waals surface area contributed by atoms with E-state index in [-0.39, 0.29) is 11.9 Å². The van der Waals surface area contributed by atoms with Crippen molar-refractivity contribution >= 4 is 17.5 Å². The smallest absolute Gasteiger partial charge is 0.270 e. The zero-order valence-corrected chi connectivity index (χ0v) is 17.4. The summed E-state index contributed by atoms with van der Waals surface area (Å²) in [6, 6.07) is 27.0. The van der Waals surface area contributed by atoms with Crippen molar-refractivity contribution in [3.63, 3.8) is 0 Å². The summed E-state index contributed by atoms with van der Waals surface area (Å²) >= 11 is 6.20. The fraction of sp³-hybridized carbons (Fsp3) is 0.120. The fourth-order valence-electron chi connectivity index (χ4n) is 3.45. The van der Waals surface area contributed by atoms with Crippen LogP contribution in [0.4, 0.5) is 0 Å². The van der Waals surface area contributed by atoms with Gasteiger partial charge in [-0.2, -0.15) is 0 Å². The van der Waals surface area contributed by atoms with E-state index < -0.39 is 0 Å². The lowest BCUT2D eigenvalue weighted by Gasteiger charge is -2.17. The van der Waals surface area contributed by atoms with Crippen LogP contribution in [0, 0.1) is 0 Å². The minimum absolute atomic E-state index is 0.0885. The van der Waals surface area contributed by atoms with Crippen LogP contribution >= 0.6 is 11.6 Å². The number of aromatic amines is 1. The van der Waals surface area contributed by atoms with Crippen molar-refractivity contribution in [2.45, 2.75) is 19.4 Å². The Hall–Kier alpha value is -3.37. The quantitative estimate of drug-likeness (QED) is 0.389. The van der Waals surface area contributed by atoms with Crippen molar-refractivity contribution in [1.82, 2.24) is 15.3 Å². The van der Waals surface area contributed by atoms with E-state index >= 15 is 0 Å². The van der Waals surface area contributed by atoms with Crippen molar-refractivity contribution in [3.05, 3.63) is 101 Å². The van der Waals surface area contributed by atoms with Gasteiger partial charge < -0.3 is 10.3 Å². The van der Waals surface area contributed by atoms with Gasteiger partial charge in [0.1, 0.15) is 17.2 Å². The number of nitrogens with one attached hydrogen (secondary N) is 2. The van der Waals surface area contributed by atoms with Crippen molar-refractivity contribution in [2.75, 3.05) is 0 Å². The van der Waals surface area contributed by atoms with Gasteiger partial charge in [-0.15, -0.1) is 0 Å². The molecule has 1 aromatic heterocycles. The van der Waals surface area contributed by atoms with E-state index in [4.69, 9.17) is 16.6 Å². The number of hydrogen-bond acceptors (Lipinski definition) is 2. The van der Waals surface area contributed by atoms with Crippen LogP contribution in [-0.4, -0.2) is 15.9 Å². The third-order valence-corrected chi connectivity index (χ3v) is 5.23. The molecule has 150 valence electrons. The van der Waals surface area contributed by atoms with Crippen molar-refractivity contribution in [3.8, 4) is 22.6 Å². The van der Waals surface area contributed by atoms with E-state index in [0.717, 1.165) is 23.1 Å². The second-order valence-electron chi connectivity index (χ2n) is 7.03. The monoisotopic (exact) mass is 415 g/mol. The highest BCUT2D eigenvalue weighted by Gasteiger charge is 2.22. The molecule has 4 aromatic rings. The van der Waals surface area contributed by atoms with Gasteiger partial charge in [0.05, 0.1) is 6.04 Å². The van der Waals surface area contributed by atoms with Crippen LogP contribution in [0.15, 0.2) is 84.9 Å². The maximum Gasteiger partial charge on any atom is 0.270 e. The Morgan fingerprint density at radius 1 is 0.967 bits per heavy atom. The third kappa shape index (κ3) is 4.29. The first-order valence-electron chi connectivity index (χ1n) is 9.93.